The molecule has 1 aromatic heterocycles. The Kier molecular flexibility index (Phi) is 5.34. The van der Waals surface area contributed by atoms with Crippen molar-refractivity contribution in [2.45, 2.75) is 25.8 Å². The number of carbonyl (C=O) groups is 1. The van der Waals surface area contributed by atoms with Crippen molar-refractivity contribution >= 4 is 23.2 Å². The van der Waals surface area contributed by atoms with Gasteiger partial charge in [-0.15, -0.1) is 0 Å². The Bertz CT molecular complexity index is 461. The minimum atomic E-state index is -0.217. The van der Waals surface area contributed by atoms with E-state index in [2.05, 4.69) is 15.2 Å². The third-order valence-electron chi connectivity index (χ3n) is 3.85. The fourth-order valence-electron chi connectivity index (χ4n) is 2.41. The molecule has 1 unspecified atom stereocenters. The lowest BCUT2D eigenvalue weighted by atomic mass is 9.97. The van der Waals surface area contributed by atoms with Gasteiger partial charge in [0.25, 0.3) is 0 Å². The van der Waals surface area contributed by atoms with Crippen LogP contribution in [0.3, 0.4) is 0 Å². The molecule has 1 fully saturated rings. The number of nitrogens with zero attached hydrogens (tertiary/aromatic N) is 2. The van der Waals surface area contributed by atoms with Gasteiger partial charge in [-0.3, -0.25) is 9.69 Å². The predicted octanol–water partition coefficient (Wildman–Crippen LogP) is 1.77. The van der Waals surface area contributed by atoms with E-state index in [0.29, 0.717) is 16.8 Å². The summed E-state index contributed by atoms with van der Waals surface area (Å²) in [6.07, 6.45) is 3.45. The zero-order valence-corrected chi connectivity index (χ0v) is 12.3. The number of piperidine rings is 1. The lowest BCUT2D eigenvalue weighted by Gasteiger charge is -2.34. The first-order valence-electron chi connectivity index (χ1n) is 6.88. The maximum atomic E-state index is 12.2. The van der Waals surface area contributed by atoms with Crippen molar-refractivity contribution in [2.24, 2.45) is 5.92 Å². The smallest absolute Gasteiger partial charge is 0.241 e. The van der Waals surface area contributed by atoms with Crippen LogP contribution in [0.15, 0.2) is 18.3 Å². The van der Waals surface area contributed by atoms with Gasteiger partial charge in [0.15, 0.2) is 5.15 Å². The van der Waals surface area contributed by atoms with Crippen molar-refractivity contribution < 1.29 is 9.90 Å². The molecule has 0 saturated carbocycles. The minimum absolute atomic E-state index is 0.0812. The summed E-state index contributed by atoms with van der Waals surface area (Å²) < 4.78 is 0. The largest absolute Gasteiger partial charge is 0.396 e. The van der Waals surface area contributed by atoms with Crippen LogP contribution in [0.5, 0.6) is 0 Å². The van der Waals surface area contributed by atoms with E-state index >= 15 is 0 Å². The maximum Gasteiger partial charge on any atom is 0.241 e. The van der Waals surface area contributed by atoms with Crippen LogP contribution in [-0.2, 0) is 4.79 Å². The molecule has 0 bridgehead atoms. The fraction of sp³-hybridized carbons (Fsp3) is 0.571. The summed E-state index contributed by atoms with van der Waals surface area (Å²) in [6.45, 7) is 3.79. The number of likely N-dealkylation sites (tertiary alicyclic amines) is 1. The molecule has 2 N–H and O–H groups in total. The van der Waals surface area contributed by atoms with Crippen LogP contribution in [0, 0.1) is 5.92 Å². The molecule has 1 saturated heterocycles. The Balaban J connectivity index is 1.91. The molecule has 2 rings (SSSR count). The van der Waals surface area contributed by atoms with Crippen molar-refractivity contribution in [2.75, 3.05) is 25.0 Å². The Morgan fingerprint density at radius 1 is 1.60 bits per heavy atom. The number of halogens is 1. The molecule has 1 aliphatic rings. The molecule has 5 nitrogen and oxygen atoms in total. The minimum Gasteiger partial charge on any atom is -0.396 e. The van der Waals surface area contributed by atoms with E-state index in [4.69, 9.17) is 16.7 Å². The van der Waals surface area contributed by atoms with Crippen molar-refractivity contribution in [1.82, 2.24) is 9.88 Å². The highest BCUT2D eigenvalue weighted by molar-refractivity contribution is 6.32. The fourth-order valence-corrected chi connectivity index (χ4v) is 2.57. The summed E-state index contributed by atoms with van der Waals surface area (Å²) in [4.78, 5) is 18.3. The van der Waals surface area contributed by atoms with Crippen molar-refractivity contribution in [3.63, 3.8) is 0 Å². The highest BCUT2D eigenvalue weighted by Gasteiger charge is 2.26. The Morgan fingerprint density at radius 3 is 2.90 bits per heavy atom. The van der Waals surface area contributed by atoms with E-state index < -0.39 is 0 Å². The van der Waals surface area contributed by atoms with Gasteiger partial charge in [0.1, 0.15) is 0 Å². The zero-order valence-electron chi connectivity index (χ0n) is 11.6. The number of hydrogen-bond donors (Lipinski definition) is 2. The van der Waals surface area contributed by atoms with Crippen LogP contribution in [0.2, 0.25) is 5.15 Å². The molecule has 1 amide bonds. The quantitative estimate of drug-likeness (QED) is 0.831. The first-order valence-corrected chi connectivity index (χ1v) is 7.26. The van der Waals surface area contributed by atoms with E-state index in [1.165, 1.54) is 0 Å². The van der Waals surface area contributed by atoms with Crippen LogP contribution >= 0.6 is 11.6 Å². The Labute approximate surface area is 123 Å². The predicted molar refractivity (Wildman–Crippen MR) is 78.7 cm³/mol. The van der Waals surface area contributed by atoms with Gasteiger partial charge in [0.2, 0.25) is 5.91 Å². The first kappa shape index (κ1) is 15.2. The summed E-state index contributed by atoms with van der Waals surface area (Å²) in [7, 11) is 0. The van der Waals surface area contributed by atoms with Crippen molar-refractivity contribution in [3.05, 3.63) is 23.5 Å². The second kappa shape index (κ2) is 7.02. The molecule has 1 atom stereocenters. The summed E-state index contributed by atoms with van der Waals surface area (Å²) in [5.41, 5.74) is 0.538. The zero-order chi connectivity index (χ0) is 14.5. The van der Waals surface area contributed by atoms with Gasteiger partial charge >= 0.3 is 0 Å². The lowest BCUT2D eigenvalue weighted by Crippen LogP contribution is -2.46. The van der Waals surface area contributed by atoms with Gasteiger partial charge in [0, 0.05) is 12.8 Å². The number of aromatic nitrogens is 1. The summed E-state index contributed by atoms with van der Waals surface area (Å²) in [6, 6.07) is 3.25. The normalized spacial score (nSPS) is 18.8. The maximum absolute atomic E-state index is 12.2. The van der Waals surface area contributed by atoms with E-state index in [1.807, 2.05) is 6.92 Å². The van der Waals surface area contributed by atoms with Gasteiger partial charge in [0.05, 0.1) is 11.7 Å². The van der Waals surface area contributed by atoms with Gasteiger partial charge in [-0.2, -0.15) is 0 Å². The molecule has 20 heavy (non-hydrogen) atoms. The molecular weight excluding hydrogens is 278 g/mol. The Hall–Kier alpha value is -1.17. The summed E-state index contributed by atoms with van der Waals surface area (Å²) in [5.74, 6) is 0.289. The third-order valence-corrected chi connectivity index (χ3v) is 4.15. The Morgan fingerprint density at radius 2 is 2.30 bits per heavy atom. The summed E-state index contributed by atoms with van der Waals surface area (Å²) in [5, 5.41) is 12.2. The highest BCUT2D eigenvalue weighted by atomic mass is 35.5. The summed E-state index contributed by atoms with van der Waals surface area (Å²) >= 11 is 5.93. The number of anilines is 1. The molecule has 0 aromatic carbocycles. The number of aliphatic hydroxyl groups excluding tert-OH is 1. The number of pyridine rings is 1. The van der Waals surface area contributed by atoms with E-state index in [9.17, 15) is 4.79 Å². The molecule has 110 valence electrons. The number of hydrogen-bond acceptors (Lipinski definition) is 4. The first-order chi connectivity index (χ1) is 9.61. The monoisotopic (exact) mass is 297 g/mol. The van der Waals surface area contributed by atoms with Crippen LogP contribution in [0.25, 0.3) is 0 Å². The molecule has 0 spiro atoms. The van der Waals surface area contributed by atoms with Crippen LogP contribution < -0.4 is 5.32 Å². The average molecular weight is 298 g/mol. The third kappa shape index (κ3) is 3.69. The van der Waals surface area contributed by atoms with Crippen LogP contribution in [0.4, 0.5) is 5.69 Å². The van der Waals surface area contributed by atoms with Gasteiger partial charge in [-0.1, -0.05) is 11.6 Å². The second-order valence-corrected chi connectivity index (χ2v) is 5.53. The van der Waals surface area contributed by atoms with Crippen LogP contribution in [-0.4, -0.2) is 46.6 Å². The van der Waals surface area contributed by atoms with Crippen LogP contribution in [0.1, 0.15) is 19.8 Å². The van der Waals surface area contributed by atoms with Gasteiger partial charge < -0.3 is 10.4 Å². The van der Waals surface area contributed by atoms with E-state index in [0.717, 1.165) is 25.9 Å². The number of nitrogens with one attached hydrogen (secondary N) is 1. The SMILES string of the molecule is CC(C(=O)Nc1cccnc1Cl)N1CCC(CO)CC1. The molecule has 1 aliphatic heterocycles. The van der Waals surface area contributed by atoms with Crippen molar-refractivity contribution in [1.29, 1.82) is 0 Å². The van der Waals surface area contributed by atoms with Crippen molar-refractivity contribution in [3.8, 4) is 0 Å². The van der Waals surface area contributed by atoms with E-state index in [1.54, 1.807) is 18.3 Å². The number of carbonyl (C=O) groups excluding carboxylic acids is 1. The average Bonchev–Trinajstić information content (AvgIpc) is 2.49. The number of amides is 1. The molecule has 6 heteroatoms. The lowest BCUT2D eigenvalue weighted by molar-refractivity contribution is -0.121. The standard InChI is InChI=1S/C14H20ClN3O2/c1-10(18-7-4-11(9-19)5-8-18)14(20)17-12-3-2-6-16-13(12)15/h2-3,6,10-11,19H,4-5,7-9H2,1H3,(H,17,20). The van der Waals surface area contributed by atoms with Gasteiger partial charge in [-0.25, -0.2) is 4.98 Å². The number of aliphatic hydroxyl groups is 1. The molecule has 1 aromatic rings. The molecule has 0 radical (unpaired) electrons. The van der Waals surface area contributed by atoms with Gasteiger partial charge in [-0.05, 0) is 50.9 Å². The topological polar surface area (TPSA) is 65.5 Å². The number of rotatable bonds is 4. The van der Waals surface area contributed by atoms with E-state index in [-0.39, 0.29) is 18.6 Å². The molecule has 2 heterocycles. The molecule has 0 aliphatic carbocycles. The molecular formula is C14H20ClN3O2. The second-order valence-electron chi connectivity index (χ2n) is 5.17. The highest BCUT2D eigenvalue weighted by Crippen LogP contribution is 2.21.